The summed E-state index contributed by atoms with van der Waals surface area (Å²) in [5, 5.41) is 0. The molecule has 0 aromatic heterocycles. The summed E-state index contributed by atoms with van der Waals surface area (Å²) in [4.78, 5) is 0. The molecule has 2 saturated heterocycles. The fourth-order valence-corrected chi connectivity index (χ4v) is 3.05. The summed E-state index contributed by atoms with van der Waals surface area (Å²) in [6.07, 6.45) is 3.43. The maximum Gasteiger partial charge on any atom is 0.175 e. The van der Waals surface area contributed by atoms with Gasteiger partial charge in [-0.3, -0.25) is 0 Å². The van der Waals surface area contributed by atoms with Crippen LogP contribution in [-0.4, -0.2) is 32.6 Å². The van der Waals surface area contributed by atoms with Gasteiger partial charge in [-0.1, -0.05) is 13.8 Å². The summed E-state index contributed by atoms with van der Waals surface area (Å²) < 4.78 is 22.7. The molecule has 2 rings (SSSR count). The van der Waals surface area contributed by atoms with Crippen molar-refractivity contribution in [2.75, 3.05) is 14.2 Å². The van der Waals surface area contributed by atoms with E-state index in [0.29, 0.717) is 11.8 Å². The molecule has 0 bridgehead atoms. The monoisotopic (exact) mass is 244 g/mol. The second kappa shape index (κ2) is 5.22. The molecular weight excluding hydrogens is 220 g/mol. The predicted molar refractivity (Wildman–Crippen MR) is 63.3 cm³/mol. The molecule has 2 fully saturated rings. The Kier molecular flexibility index (Phi) is 4.08. The molecule has 100 valence electrons. The molecule has 4 nitrogen and oxygen atoms in total. The van der Waals surface area contributed by atoms with Crippen molar-refractivity contribution in [2.24, 2.45) is 11.8 Å². The molecule has 0 aliphatic carbocycles. The van der Waals surface area contributed by atoms with Crippen molar-refractivity contribution >= 4 is 0 Å². The van der Waals surface area contributed by atoms with Crippen LogP contribution in [0.15, 0.2) is 0 Å². The summed E-state index contributed by atoms with van der Waals surface area (Å²) in [5.41, 5.74) is 0. The minimum absolute atomic E-state index is 0.151. The van der Waals surface area contributed by atoms with Crippen LogP contribution in [0.3, 0.4) is 0 Å². The van der Waals surface area contributed by atoms with E-state index in [1.165, 1.54) is 0 Å². The molecule has 1 unspecified atom stereocenters. The van der Waals surface area contributed by atoms with E-state index < -0.39 is 5.79 Å². The molecule has 4 heteroatoms. The molecule has 0 N–H and O–H groups in total. The number of ether oxygens (including phenoxy) is 4. The number of rotatable bonds is 2. The Hall–Kier alpha value is -0.160. The van der Waals surface area contributed by atoms with E-state index in [2.05, 4.69) is 13.8 Å². The summed E-state index contributed by atoms with van der Waals surface area (Å²) in [5.74, 6) is 0.601. The molecule has 2 aliphatic heterocycles. The lowest BCUT2D eigenvalue weighted by Gasteiger charge is -2.48. The van der Waals surface area contributed by atoms with E-state index in [-0.39, 0.29) is 12.6 Å². The van der Waals surface area contributed by atoms with Crippen molar-refractivity contribution < 1.29 is 18.9 Å². The Morgan fingerprint density at radius 1 is 0.882 bits per heavy atom. The van der Waals surface area contributed by atoms with Crippen molar-refractivity contribution in [3.8, 4) is 0 Å². The smallest absolute Gasteiger partial charge is 0.175 e. The van der Waals surface area contributed by atoms with Gasteiger partial charge < -0.3 is 18.9 Å². The normalized spacial score (nSPS) is 47.3. The van der Waals surface area contributed by atoms with Crippen LogP contribution in [0, 0.1) is 11.8 Å². The van der Waals surface area contributed by atoms with Crippen LogP contribution in [0.1, 0.15) is 39.5 Å². The lowest BCUT2D eigenvalue weighted by Crippen LogP contribution is -2.52. The highest BCUT2D eigenvalue weighted by Crippen LogP contribution is 2.43. The van der Waals surface area contributed by atoms with Gasteiger partial charge in [0.1, 0.15) is 0 Å². The minimum atomic E-state index is -0.503. The minimum Gasteiger partial charge on any atom is -0.356 e. The highest BCUT2D eigenvalue weighted by molar-refractivity contribution is 4.85. The van der Waals surface area contributed by atoms with E-state index in [1.54, 1.807) is 14.2 Å². The van der Waals surface area contributed by atoms with Crippen LogP contribution in [0.4, 0.5) is 0 Å². The quantitative estimate of drug-likeness (QED) is 0.748. The Bertz CT molecular complexity index is 230. The van der Waals surface area contributed by atoms with E-state index >= 15 is 0 Å². The number of methoxy groups -OCH3 is 2. The third-order valence-electron chi connectivity index (χ3n) is 3.73. The van der Waals surface area contributed by atoms with Crippen molar-refractivity contribution in [1.29, 1.82) is 0 Å². The van der Waals surface area contributed by atoms with Gasteiger partial charge in [-0.2, -0.15) is 0 Å². The maximum atomic E-state index is 6.01. The van der Waals surface area contributed by atoms with E-state index in [4.69, 9.17) is 18.9 Å². The Morgan fingerprint density at radius 2 is 1.29 bits per heavy atom. The molecule has 0 saturated carbocycles. The van der Waals surface area contributed by atoms with Gasteiger partial charge in [0.15, 0.2) is 18.4 Å². The second-order valence-corrected chi connectivity index (χ2v) is 5.57. The van der Waals surface area contributed by atoms with Gasteiger partial charge in [-0.25, -0.2) is 0 Å². The van der Waals surface area contributed by atoms with E-state index in [1.807, 2.05) is 0 Å². The standard InChI is InChI=1S/C13H24O4/c1-9-5-11(14-3)16-13(7-9)8-10(2)6-12(15-4)17-13/h9-12H,5-8H2,1-4H3/t9-,10+,11-,12-,13?/m1/s1. The first-order chi connectivity index (χ1) is 8.07. The zero-order chi connectivity index (χ0) is 12.5. The van der Waals surface area contributed by atoms with Crippen molar-refractivity contribution in [1.82, 2.24) is 0 Å². The van der Waals surface area contributed by atoms with Crippen molar-refractivity contribution in [2.45, 2.75) is 57.9 Å². The Labute approximate surface area is 104 Å². The fraction of sp³-hybridized carbons (Fsp3) is 1.00. The molecule has 2 heterocycles. The Balaban J connectivity index is 2.10. The van der Waals surface area contributed by atoms with Crippen molar-refractivity contribution in [3.63, 3.8) is 0 Å². The van der Waals surface area contributed by atoms with Crippen LogP contribution in [-0.2, 0) is 18.9 Å². The lowest BCUT2D eigenvalue weighted by molar-refractivity contribution is -0.390. The molecule has 0 radical (unpaired) electrons. The maximum absolute atomic E-state index is 6.01. The summed E-state index contributed by atoms with van der Waals surface area (Å²) >= 11 is 0. The SMILES string of the molecule is CO[C@H]1C[C@@H](C)CC2(C[C@@H](C)C[C@H](OC)O2)O1. The highest BCUT2D eigenvalue weighted by atomic mass is 16.8. The third-order valence-corrected chi connectivity index (χ3v) is 3.73. The van der Waals surface area contributed by atoms with Gasteiger partial charge in [0.05, 0.1) is 0 Å². The number of hydrogen-bond acceptors (Lipinski definition) is 4. The van der Waals surface area contributed by atoms with Gasteiger partial charge >= 0.3 is 0 Å². The second-order valence-electron chi connectivity index (χ2n) is 5.57. The summed E-state index contributed by atoms with van der Waals surface area (Å²) in [6, 6.07) is 0. The van der Waals surface area contributed by atoms with Crippen LogP contribution < -0.4 is 0 Å². The van der Waals surface area contributed by atoms with Crippen LogP contribution in [0.25, 0.3) is 0 Å². The molecule has 17 heavy (non-hydrogen) atoms. The molecule has 0 amide bonds. The fourth-order valence-electron chi connectivity index (χ4n) is 3.05. The summed E-state index contributed by atoms with van der Waals surface area (Å²) in [7, 11) is 3.38. The molecule has 0 aromatic carbocycles. The average molecular weight is 244 g/mol. The average Bonchev–Trinajstić information content (AvgIpc) is 2.26. The van der Waals surface area contributed by atoms with Crippen LogP contribution in [0.2, 0.25) is 0 Å². The molecule has 2 aliphatic rings. The first-order valence-electron chi connectivity index (χ1n) is 6.48. The number of hydrogen-bond donors (Lipinski definition) is 0. The largest absolute Gasteiger partial charge is 0.356 e. The molecule has 5 atom stereocenters. The third kappa shape index (κ3) is 2.99. The molecular formula is C13H24O4. The first-order valence-corrected chi connectivity index (χ1v) is 6.48. The summed E-state index contributed by atoms with van der Waals surface area (Å²) in [6.45, 7) is 4.45. The first kappa shape index (κ1) is 13.3. The molecule has 0 aromatic rings. The zero-order valence-electron chi connectivity index (χ0n) is 11.3. The van der Waals surface area contributed by atoms with Gasteiger partial charge in [-0.05, 0) is 11.8 Å². The Morgan fingerprint density at radius 3 is 1.65 bits per heavy atom. The van der Waals surface area contributed by atoms with Gasteiger partial charge in [0.2, 0.25) is 0 Å². The van der Waals surface area contributed by atoms with Gasteiger partial charge in [0, 0.05) is 39.9 Å². The zero-order valence-corrected chi connectivity index (χ0v) is 11.3. The predicted octanol–water partition coefficient (Wildman–Crippen LogP) is 2.52. The lowest BCUT2D eigenvalue weighted by atomic mass is 9.85. The van der Waals surface area contributed by atoms with Crippen molar-refractivity contribution in [3.05, 3.63) is 0 Å². The topological polar surface area (TPSA) is 36.9 Å². The van der Waals surface area contributed by atoms with E-state index in [0.717, 1.165) is 25.7 Å². The molecule has 1 spiro atoms. The van der Waals surface area contributed by atoms with Crippen LogP contribution >= 0.6 is 0 Å². The van der Waals surface area contributed by atoms with Gasteiger partial charge in [0.25, 0.3) is 0 Å². The van der Waals surface area contributed by atoms with Crippen LogP contribution in [0.5, 0.6) is 0 Å². The highest BCUT2D eigenvalue weighted by Gasteiger charge is 2.47. The van der Waals surface area contributed by atoms with E-state index in [9.17, 15) is 0 Å². The van der Waals surface area contributed by atoms with Gasteiger partial charge in [-0.15, -0.1) is 0 Å².